The van der Waals surface area contributed by atoms with Crippen molar-refractivity contribution in [3.05, 3.63) is 415 Å². The number of rotatable bonds is 13. The van der Waals surface area contributed by atoms with E-state index in [2.05, 4.69) is 51.5 Å². The number of pyridine rings is 6. The van der Waals surface area contributed by atoms with E-state index in [-0.39, 0.29) is 79.2 Å². The highest BCUT2D eigenvalue weighted by atomic mass is 16.5. The second-order valence-electron chi connectivity index (χ2n) is 28.2. The molecule has 0 spiro atoms. The number of ketones is 1. The summed E-state index contributed by atoms with van der Waals surface area (Å²) in [5.41, 5.74) is 10.8. The van der Waals surface area contributed by atoms with E-state index in [4.69, 9.17) is 9.47 Å². The van der Waals surface area contributed by atoms with Crippen molar-refractivity contribution in [3.8, 4) is 11.5 Å². The molecule has 25 heteroatoms. The fourth-order valence-electron chi connectivity index (χ4n) is 13.0. The third kappa shape index (κ3) is 21.2. The number of hydrogen-bond donors (Lipinski definition) is 10. The van der Waals surface area contributed by atoms with Gasteiger partial charge in [-0.15, -0.1) is 0 Å². The lowest BCUT2D eigenvalue weighted by atomic mass is 10.1. The van der Waals surface area contributed by atoms with E-state index < -0.39 is 29.5 Å². The van der Waals surface area contributed by atoms with E-state index in [0.29, 0.717) is 83.3 Å². The van der Waals surface area contributed by atoms with Gasteiger partial charge < -0.3 is 65.5 Å². The molecule has 0 bridgehead atoms. The number of H-pyrrole nitrogens is 5. The van der Waals surface area contributed by atoms with Crippen LogP contribution < -0.4 is 68.6 Å². The molecule has 6 aromatic heterocycles. The minimum absolute atomic E-state index is 0. The molecule has 25 nitrogen and oxygen atoms in total. The molecule has 5 amide bonds. The van der Waals surface area contributed by atoms with Gasteiger partial charge in [-0.3, -0.25) is 57.5 Å². The number of methoxy groups -OCH3 is 2. The normalized spacial score (nSPS) is 10.4. The van der Waals surface area contributed by atoms with Crippen molar-refractivity contribution in [1.29, 1.82) is 0 Å². The largest absolute Gasteiger partial charge is 0.497 e. The summed E-state index contributed by atoms with van der Waals surface area (Å²) in [6.45, 7) is 9.14. The van der Waals surface area contributed by atoms with Gasteiger partial charge in [-0.1, -0.05) is 134 Å². The number of benzene rings is 11. The minimum atomic E-state index is -0.456. The fourth-order valence-corrected chi connectivity index (χ4v) is 13.0. The molecule has 0 atom stereocenters. The zero-order valence-electron chi connectivity index (χ0n) is 68.0. The predicted molar refractivity (Wildman–Crippen MR) is 493 cm³/mol. The topological polar surface area (TPSA) is 367 Å². The number of nitrogens with zero attached hydrogens (tertiary/aromatic N) is 1. The summed E-state index contributed by atoms with van der Waals surface area (Å²) in [5, 5.41) is 16.8. The third-order valence-electron chi connectivity index (χ3n) is 19.6. The van der Waals surface area contributed by atoms with Crippen LogP contribution in [0.25, 0.3) is 65.4 Å². The predicted octanol–water partition coefficient (Wildman–Crippen LogP) is 17.5. The third-order valence-corrected chi connectivity index (χ3v) is 19.6. The monoisotopic (exact) mass is 1650 g/mol. The first-order valence-electron chi connectivity index (χ1n) is 38.5. The van der Waals surface area contributed by atoms with E-state index in [9.17, 15) is 57.5 Å². The first-order valence-corrected chi connectivity index (χ1v) is 38.5. The Morgan fingerprint density at radius 1 is 0.306 bits per heavy atom. The maximum atomic E-state index is 12.4. The van der Waals surface area contributed by atoms with Crippen LogP contribution in [-0.4, -0.2) is 79.0 Å². The van der Waals surface area contributed by atoms with Crippen LogP contribution in [-0.2, 0) is 7.05 Å². The van der Waals surface area contributed by atoms with Crippen LogP contribution in [0.3, 0.4) is 0 Å². The Labute approximate surface area is 709 Å². The van der Waals surface area contributed by atoms with Crippen LogP contribution in [0.1, 0.15) is 98.8 Å². The number of aromatic amines is 5. The number of Topliss-reactive ketones (excluding diaryl/α,β-unsaturated/α-hetero) is 1. The Bertz CT molecular complexity index is 7270. The highest BCUT2D eigenvalue weighted by Gasteiger charge is 2.20. The van der Waals surface area contributed by atoms with Crippen molar-refractivity contribution < 1.29 is 38.2 Å². The molecule has 10 N–H and O–H groups in total. The Kier molecular flexibility index (Phi) is 28.9. The van der Waals surface area contributed by atoms with Crippen LogP contribution in [0.5, 0.6) is 11.5 Å². The zero-order valence-corrected chi connectivity index (χ0v) is 68.0. The molecule has 0 unspecified atom stereocenters. The van der Waals surface area contributed by atoms with Crippen LogP contribution in [0.15, 0.2) is 327 Å². The average molecular weight is 1650 g/mol. The van der Waals surface area contributed by atoms with Gasteiger partial charge in [-0.05, 0) is 185 Å². The van der Waals surface area contributed by atoms with Crippen molar-refractivity contribution in [1.82, 2.24) is 29.5 Å². The number of fused-ring (bicyclic) bond motifs is 6. The van der Waals surface area contributed by atoms with Crippen molar-refractivity contribution in [3.63, 3.8) is 0 Å². The van der Waals surface area contributed by atoms with E-state index in [1.54, 1.807) is 171 Å². The number of nitrogens with one attached hydrogen (secondary N) is 10. The quantitative estimate of drug-likeness (QED) is 0.0480. The summed E-state index contributed by atoms with van der Waals surface area (Å²) in [4.78, 5) is 161. The number of hydrogen-bond acceptors (Lipinski definition) is 14. The van der Waals surface area contributed by atoms with Gasteiger partial charge in [-0.2, -0.15) is 0 Å². The standard InChI is InChI=1S/C18H16N2O3.C17H14N2O3.3C17H14N2O2.C12H11NO2.CH4/c1-11-7-8-12(9-16(11)23-2)20-18(22)14-10-19-15-6-4-3-5-13(15)17(14)21;1-22-12-8-6-11(7-9-12)19-17(21)14-10-18-15-5-3-2-4-13(15)16(14)20;1-11-6-2-4-8-14(11)19-17(21)13-10-18-15-9-5-3-7-12(15)16(13)20;1-11-5-4-6-12(9-11)19-17(21)14-10-18-15-8-3-2-7-13(15)16(14)20;1-11-6-8-12(9-7-11)19-17(21)14-10-18-15-5-3-2-4-13(15)16(14)20;1-8(14)10-7-13(2)11-6-4-3-5-9(11)12(10)15;/h3-10H,1-2H3,(H,19,21)(H,20,22);2-10H,1H3,(H,18,20)(H,19,21);3*2-10H,1H3,(H,18,20)(H,19,21);3-7H,1-2H3;1H4. The van der Waals surface area contributed by atoms with E-state index in [0.717, 1.165) is 44.3 Å². The maximum absolute atomic E-state index is 12.4. The molecule has 17 rings (SSSR count). The number of anilines is 5. The van der Waals surface area contributed by atoms with Gasteiger partial charge >= 0.3 is 0 Å². The molecule has 0 saturated carbocycles. The summed E-state index contributed by atoms with van der Waals surface area (Å²) in [7, 11) is 4.97. The van der Waals surface area contributed by atoms with Gasteiger partial charge in [0.05, 0.1) is 25.3 Å². The summed E-state index contributed by atoms with van der Waals surface area (Å²) in [6.07, 6.45) is 8.82. The molecule has 0 saturated heterocycles. The number of aryl methyl sites for hydroxylation is 5. The lowest BCUT2D eigenvalue weighted by Gasteiger charge is -2.09. The molecule has 124 heavy (non-hydrogen) atoms. The van der Waals surface area contributed by atoms with Crippen LogP contribution >= 0.6 is 0 Å². The molecule has 6 heterocycles. The van der Waals surface area contributed by atoms with Crippen molar-refractivity contribution in [2.24, 2.45) is 7.05 Å². The molecule has 0 fully saturated rings. The average Bonchev–Trinajstić information content (AvgIpc) is 0.817. The minimum Gasteiger partial charge on any atom is -0.497 e. The fraction of sp³-hybridized carbons (Fsp3) is 0.0909. The summed E-state index contributed by atoms with van der Waals surface area (Å²) < 4.78 is 12.1. The zero-order chi connectivity index (χ0) is 87.4. The highest BCUT2D eigenvalue weighted by molar-refractivity contribution is 6.09. The van der Waals surface area contributed by atoms with Crippen molar-refractivity contribution in [2.45, 2.75) is 42.0 Å². The Morgan fingerprint density at radius 2 is 0.637 bits per heavy atom. The molecule has 0 aliphatic rings. The van der Waals surface area contributed by atoms with E-state index in [1.165, 1.54) is 37.9 Å². The van der Waals surface area contributed by atoms with Crippen LogP contribution in [0, 0.1) is 27.7 Å². The van der Waals surface area contributed by atoms with Crippen LogP contribution in [0.2, 0.25) is 0 Å². The van der Waals surface area contributed by atoms with Gasteiger partial charge in [0, 0.05) is 139 Å². The summed E-state index contributed by atoms with van der Waals surface area (Å²) in [6, 6.07) is 77.4. The number of aromatic nitrogens is 6. The molecular weight excluding hydrogens is 1570 g/mol. The molecule has 622 valence electrons. The van der Waals surface area contributed by atoms with E-state index in [1.807, 2.05) is 150 Å². The van der Waals surface area contributed by atoms with Gasteiger partial charge in [0.2, 0.25) is 27.1 Å². The number of para-hydroxylation sites is 7. The van der Waals surface area contributed by atoms with Crippen LogP contribution in [0.4, 0.5) is 28.4 Å². The smallest absolute Gasteiger partial charge is 0.261 e. The van der Waals surface area contributed by atoms with Gasteiger partial charge in [0.25, 0.3) is 29.5 Å². The summed E-state index contributed by atoms with van der Waals surface area (Å²) in [5.74, 6) is -0.951. The first-order chi connectivity index (χ1) is 59.4. The second kappa shape index (κ2) is 40.6. The Hall–Kier alpha value is -16.7. The molecule has 0 aliphatic carbocycles. The number of ether oxygens (including phenoxy) is 2. The molecule has 0 radical (unpaired) electrons. The Morgan fingerprint density at radius 3 is 1.02 bits per heavy atom. The van der Waals surface area contributed by atoms with Crippen molar-refractivity contribution in [2.75, 3.05) is 40.8 Å². The van der Waals surface area contributed by atoms with Gasteiger partial charge in [-0.25, -0.2) is 0 Å². The second-order valence-corrected chi connectivity index (χ2v) is 28.2. The van der Waals surface area contributed by atoms with E-state index >= 15 is 0 Å². The van der Waals surface area contributed by atoms with Crippen molar-refractivity contribution >= 4 is 129 Å². The number of amides is 5. The first kappa shape index (κ1) is 88.1. The van der Waals surface area contributed by atoms with Gasteiger partial charge in [0.15, 0.2) is 11.2 Å². The van der Waals surface area contributed by atoms with Gasteiger partial charge in [0.1, 0.15) is 39.3 Å². The Balaban J connectivity index is 0.000000145. The molecule has 17 aromatic rings. The number of carbonyl (C=O) groups excluding carboxylic acids is 6. The lowest BCUT2D eigenvalue weighted by molar-refractivity contribution is 0.100. The molecular formula is C99H87N11O14. The summed E-state index contributed by atoms with van der Waals surface area (Å²) >= 11 is 0. The SMILES string of the molecule is C.CC(=O)c1cn(C)c2ccccc2c1=O.COc1cc(NC(=O)c2c[nH]c3ccccc3c2=O)ccc1C.COc1ccc(NC(=O)c2c[nH]c3ccccc3c2=O)cc1.Cc1ccc(NC(=O)c2c[nH]c3ccccc3c2=O)cc1.Cc1cccc(NC(=O)c2c[nH]c3ccccc3c2=O)c1.Cc1ccccc1NC(=O)c1c[nH]c2ccccc2c1=O. The lowest BCUT2D eigenvalue weighted by Crippen LogP contribution is -2.22. The maximum Gasteiger partial charge on any atom is 0.261 e. The molecule has 11 aromatic carbocycles. The molecule has 0 aliphatic heterocycles. The number of carbonyl (C=O) groups is 6. The highest BCUT2D eigenvalue weighted by Crippen LogP contribution is 2.24.